The molecule has 0 aliphatic carbocycles. The van der Waals surface area contributed by atoms with Crippen LogP contribution >= 0.6 is 0 Å². The van der Waals surface area contributed by atoms with Crippen LogP contribution in [0.4, 0.5) is 4.79 Å². The smallest absolute Gasteiger partial charge is 0.432 e. The second kappa shape index (κ2) is 9.42. The van der Waals surface area contributed by atoms with Gasteiger partial charge >= 0.3 is 6.16 Å². The molecule has 0 aliphatic heterocycles. The maximum absolute atomic E-state index is 11.1. The summed E-state index contributed by atoms with van der Waals surface area (Å²) in [5, 5.41) is 0. The van der Waals surface area contributed by atoms with E-state index in [1.54, 1.807) is 6.92 Å². The van der Waals surface area contributed by atoms with Gasteiger partial charge in [0, 0.05) is 7.11 Å². The number of carbonyl (C=O) groups is 1. The molecule has 5 nitrogen and oxygen atoms in total. The van der Waals surface area contributed by atoms with Gasteiger partial charge < -0.3 is 18.9 Å². The fourth-order valence-electron chi connectivity index (χ4n) is 0.858. The Morgan fingerprint density at radius 2 is 1.88 bits per heavy atom. The third-order valence-electron chi connectivity index (χ3n) is 2.00. The second-order valence-electron chi connectivity index (χ2n) is 3.57. The van der Waals surface area contributed by atoms with Gasteiger partial charge in [0.15, 0.2) is 0 Å². The molecule has 0 aromatic carbocycles. The van der Waals surface area contributed by atoms with Gasteiger partial charge in [0.05, 0.1) is 19.3 Å². The standard InChI is InChI=1S/C11H22O5/c1-5-9(2)15-8-10(3)16-11(12)14-7-6-13-4/h9-10H,5-8H2,1-4H3. The molecule has 0 rings (SSSR count). The van der Waals surface area contributed by atoms with Crippen LogP contribution in [0.15, 0.2) is 0 Å². The molecule has 0 heterocycles. The van der Waals surface area contributed by atoms with Gasteiger partial charge in [-0.1, -0.05) is 6.92 Å². The third kappa shape index (κ3) is 8.49. The summed E-state index contributed by atoms with van der Waals surface area (Å²) in [5.74, 6) is 0. The highest BCUT2D eigenvalue weighted by Crippen LogP contribution is 2.01. The molecule has 5 heteroatoms. The van der Waals surface area contributed by atoms with E-state index in [0.717, 1.165) is 6.42 Å². The van der Waals surface area contributed by atoms with Crippen LogP contribution in [-0.2, 0) is 18.9 Å². The molecule has 96 valence electrons. The van der Waals surface area contributed by atoms with E-state index < -0.39 is 6.16 Å². The Hall–Kier alpha value is -0.810. The number of rotatable bonds is 8. The minimum Gasteiger partial charge on any atom is -0.432 e. The van der Waals surface area contributed by atoms with E-state index in [0.29, 0.717) is 13.2 Å². The van der Waals surface area contributed by atoms with Crippen molar-refractivity contribution in [3.8, 4) is 0 Å². The molecular weight excluding hydrogens is 212 g/mol. The van der Waals surface area contributed by atoms with Crippen LogP contribution in [0.1, 0.15) is 27.2 Å². The monoisotopic (exact) mass is 234 g/mol. The number of methoxy groups -OCH3 is 1. The first kappa shape index (κ1) is 15.2. The van der Waals surface area contributed by atoms with Crippen LogP contribution in [0.2, 0.25) is 0 Å². The highest BCUT2D eigenvalue weighted by atomic mass is 16.7. The van der Waals surface area contributed by atoms with Crippen molar-refractivity contribution < 1.29 is 23.7 Å². The van der Waals surface area contributed by atoms with E-state index in [2.05, 4.69) is 0 Å². The average Bonchev–Trinajstić information content (AvgIpc) is 2.26. The van der Waals surface area contributed by atoms with Gasteiger partial charge in [0.1, 0.15) is 12.7 Å². The van der Waals surface area contributed by atoms with Crippen molar-refractivity contribution in [1.29, 1.82) is 0 Å². The predicted octanol–water partition coefficient (Wildman–Crippen LogP) is 1.99. The maximum atomic E-state index is 11.1. The quantitative estimate of drug-likeness (QED) is 0.475. The molecule has 0 bridgehead atoms. The molecule has 0 radical (unpaired) electrons. The minimum absolute atomic E-state index is 0.176. The SMILES string of the molecule is CCC(C)OCC(C)OC(=O)OCCOC. The highest BCUT2D eigenvalue weighted by molar-refractivity contribution is 5.60. The average molecular weight is 234 g/mol. The molecule has 0 spiro atoms. The Labute approximate surface area is 97.0 Å². The lowest BCUT2D eigenvalue weighted by molar-refractivity contribution is -0.0325. The van der Waals surface area contributed by atoms with E-state index in [9.17, 15) is 4.79 Å². The molecule has 16 heavy (non-hydrogen) atoms. The van der Waals surface area contributed by atoms with E-state index in [1.807, 2.05) is 13.8 Å². The molecule has 0 amide bonds. The summed E-state index contributed by atoms with van der Waals surface area (Å²) in [6.45, 7) is 6.73. The first-order chi connectivity index (χ1) is 7.60. The van der Waals surface area contributed by atoms with E-state index in [-0.39, 0.29) is 18.8 Å². The lowest BCUT2D eigenvalue weighted by Crippen LogP contribution is -2.24. The van der Waals surface area contributed by atoms with Crippen molar-refractivity contribution in [3.05, 3.63) is 0 Å². The zero-order valence-electron chi connectivity index (χ0n) is 10.5. The Balaban J connectivity index is 3.53. The summed E-state index contributed by atoms with van der Waals surface area (Å²) < 4.78 is 19.8. The molecule has 0 saturated heterocycles. The first-order valence-electron chi connectivity index (χ1n) is 5.54. The molecule has 0 aromatic rings. The largest absolute Gasteiger partial charge is 0.508 e. The van der Waals surface area contributed by atoms with Gasteiger partial charge in [-0.15, -0.1) is 0 Å². The molecular formula is C11H22O5. The number of ether oxygens (including phenoxy) is 4. The van der Waals surface area contributed by atoms with Gasteiger partial charge in [0.25, 0.3) is 0 Å². The fourth-order valence-corrected chi connectivity index (χ4v) is 0.858. The minimum atomic E-state index is -0.683. The van der Waals surface area contributed by atoms with Crippen LogP contribution < -0.4 is 0 Å². The van der Waals surface area contributed by atoms with Gasteiger partial charge in [-0.2, -0.15) is 0 Å². The maximum Gasteiger partial charge on any atom is 0.508 e. The lowest BCUT2D eigenvalue weighted by atomic mass is 10.3. The summed E-state index contributed by atoms with van der Waals surface area (Å²) in [5.41, 5.74) is 0. The highest BCUT2D eigenvalue weighted by Gasteiger charge is 2.11. The van der Waals surface area contributed by atoms with Crippen molar-refractivity contribution in [2.75, 3.05) is 26.9 Å². The topological polar surface area (TPSA) is 54.0 Å². The number of hydrogen-bond acceptors (Lipinski definition) is 5. The summed E-state index contributed by atoms with van der Waals surface area (Å²) in [4.78, 5) is 11.1. The summed E-state index contributed by atoms with van der Waals surface area (Å²) in [6, 6.07) is 0. The van der Waals surface area contributed by atoms with Crippen LogP contribution in [0.5, 0.6) is 0 Å². The van der Waals surface area contributed by atoms with E-state index in [1.165, 1.54) is 7.11 Å². The van der Waals surface area contributed by atoms with Gasteiger partial charge in [0.2, 0.25) is 0 Å². The molecule has 0 fully saturated rings. The second-order valence-corrected chi connectivity index (χ2v) is 3.57. The van der Waals surface area contributed by atoms with Crippen molar-refractivity contribution in [3.63, 3.8) is 0 Å². The Kier molecular flexibility index (Phi) is 8.94. The van der Waals surface area contributed by atoms with Gasteiger partial charge in [-0.25, -0.2) is 4.79 Å². The van der Waals surface area contributed by atoms with Crippen LogP contribution in [-0.4, -0.2) is 45.3 Å². The predicted molar refractivity (Wildman–Crippen MR) is 59.5 cm³/mol. The van der Waals surface area contributed by atoms with Gasteiger partial charge in [-0.05, 0) is 20.3 Å². The zero-order valence-corrected chi connectivity index (χ0v) is 10.5. The molecule has 0 saturated carbocycles. The zero-order chi connectivity index (χ0) is 12.4. The van der Waals surface area contributed by atoms with Crippen LogP contribution in [0, 0.1) is 0 Å². The summed E-state index contributed by atoms with van der Waals surface area (Å²) >= 11 is 0. The molecule has 2 unspecified atom stereocenters. The number of carbonyl (C=O) groups excluding carboxylic acids is 1. The van der Waals surface area contributed by atoms with Crippen LogP contribution in [0.25, 0.3) is 0 Å². The first-order valence-corrected chi connectivity index (χ1v) is 5.54. The van der Waals surface area contributed by atoms with Crippen molar-refractivity contribution in [2.45, 2.75) is 39.4 Å². The summed E-state index contributed by atoms with van der Waals surface area (Å²) in [7, 11) is 1.54. The van der Waals surface area contributed by atoms with E-state index >= 15 is 0 Å². The Morgan fingerprint density at radius 3 is 2.44 bits per heavy atom. The van der Waals surface area contributed by atoms with Crippen molar-refractivity contribution in [2.24, 2.45) is 0 Å². The normalized spacial score (nSPS) is 14.2. The summed E-state index contributed by atoms with van der Waals surface area (Å²) in [6.07, 6.45) is 0.127. The molecule has 0 N–H and O–H groups in total. The molecule has 2 atom stereocenters. The lowest BCUT2D eigenvalue weighted by Gasteiger charge is -2.16. The Bertz CT molecular complexity index is 183. The van der Waals surface area contributed by atoms with Crippen LogP contribution in [0.3, 0.4) is 0 Å². The third-order valence-corrected chi connectivity index (χ3v) is 2.00. The van der Waals surface area contributed by atoms with E-state index in [4.69, 9.17) is 18.9 Å². The van der Waals surface area contributed by atoms with Gasteiger partial charge in [-0.3, -0.25) is 0 Å². The Morgan fingerprint density at radius 1 is 1.19 bits per heavy atom. The molecule has 0 aliphatic rings. The fraction of sp³-hybridized carbons (Fsp3) is 0.909. The van der Waals surface area contributed by atoms with Crippen molar-refractivity contribution in [1.82, 2.24) is 0 Å². The molecule has 0 aromatic heterocycles. The van der Waals surface area contributed by atoms with Crippen molar-refractivity contribution >= 4 is 6.16 Å². The number of hydrogen-bond donors (Lipinski definition) is 0.